The molecule has 3 rings (SSSR count). The Labute approximate surface area is 173 Å². The van der Waals surface area contributed by atoms with Gasteiger partial charge in [-0.3, -0.25) is 9.69 Å². The molecule has 0 unspecified atom stereocenters. The summed E-state index contributed by atoms with van der Waals surface area (Å²) in [4.78, 5) is 28.0. The summed E-state index contributed by atoms with van der Waals surface area (Å²) >= 11 is 0. The summed E-state index contributed by atoms with van der Waals surface area (Å²) in [5.41, 5.74) is 0.190. The van der Waals surface area contributed by atoms with Crippen LogP contribution in [0.1, 0.15) is 48.9 Å². The lowest BCUT2D eigenvalue weighted by molar-refractivity contribution is -0.134. The van der Waals surface area contributed by atoms with Crippen LogP contribution in [0.5, 0.6) is 5.75 Å². The van der Waals surface area contributed by atoms with E-state index in [0.29, 0.717) is 24.2 Å². The molecule has 2 fully saturated rings. The Hall–Kier alpha value is -1.79. The summed E-state index contributed by atoms with van der Waals surface area (Å²) in [7, 11) is 0. The van der Waals surface area contributed by atoms with Gasteiger partial charge in [-0.05, 0) is 30.9 Å². The highest BCUT2D eigenvalue weighted by Gasteiger charge is 2.24. The smallest absolute Gasteiger partial charge is 0.339 e. The molecule has 1 aliphatic heterocycles. The fraction of sp³-hybridized carbons (Fsp3) is 0.619. The van der Waals surface area contributed by atoms with Crippen molar-refractivity contribution in [1.82, 2.24) is 9.80 Å². The summed E-state index contributed by atoms with van der Waals surface area (Å²) in [5.74, 6) is 0.335. The third-order valence-corrected chi connectivity index (χ3v) is 5.70. The number of carboxylic acids is 1. The largest absolute Gasteiger partial charge is 0.491 e. The highest BCUT2D eigenvalue weighted by Crippen LogP contribution is 2.27. The highest BCUT2D eigenvalue weighted by molar-refractivity contribution is 5.90. The Balaban J connectivity index is 0.00000280. The minimum absolute atomic E-state index is 0. The van der Waals surface area contributed by atoms with Crippen LogP contribution < -0.4 is 4.74 Å². The number of ether oxygens (including phenoxy) is 1. The van der Waals surface area contributed by atoms with Gasteiger partial charge in [0.2, 0.25) is 5.91 Å². The fourth-order valence-electron chi connectivity index (χ4n) is 4.04. The normalized spacial score (nSPS) is 18.4. The second-order valence-corrected chi connectivity index (χ2v) is 7.58. The van der Waals surface area contributed by atoms with Crippen molar-refractivity contribution in [3.8, 4) is 5.75 Å². The maximum absolute atomic E-state index is 12.5. The lowest BCUT2D eigenvalue weighted by Gasteiger charge is -2.35. The van der Waals surface area contributed by atoms with Gasteiger partial charge in [0, 0.05) is 39.1 Å². The SMILES string of the molecule is Cl.O=C(O)c1ccccc1OCCN1CCN(C(=O)CC2CCCCC2)CC1. The van der Waals surface area contributed by atoms with Crippen molar-refractivity contribution in [2.24, 2.45) is 5.92 Å². The third kappa shape index (κ3) is 6.38. The molecule has 28 heavy (non-hydrogen) atoms. The lowest BCUT2D eigenvalue weighted by atomic mass is 9.86. The first-order valence-electron chi connectivity index (χ1n) is 10.1. The van der Waals surface area contributed by atoms with Gasteiger partial charge in [-0.1, -0.05) is 31.4 Å². The second-order valence-electron chi connectivity index (χ2n) is 7.58. The summed E-state index contributed by atoms with van der Waals surface area (Å²) in [5, 5.41) is 9.18. The molecule has 0 radical (unpaired) electrons. The predicted molar refractivity (Wildman–Crippen MR) is 110 cm³/mol. The molecule has 156 valence electrons. The number of carboxylic acid groups (broad SMARTS) is 1. The van der Waals surface area contributed by atoms with Crippen molar-refractivity contribution >= 4 is 24.3 Å². The molecular weight excluding hydrogens is 380 g/mol. The minimum atomic E-state index is -0.976. The van der Waals surface area contributed by atoms with Crippen LogP contribution in [0.4, 0.5) is 0 Å². The van der Waals surface area contributed by atoms with Gasteiger partial charge in [0.15, 0.2) is 0 Å². The van der Waals surface area contributed by atoms with E-state index in [-0.39, 0.29) is 18.0 Å². The zero-order valence-electron chi connectivity index (χ0n) is 16.3. The quantitative estimate of drug-likeness (QED) is 0.746. The van der Waals surface area contributed by atoms with Crippen molar-refractivity contribution in [3.63, 3.8) is 0 Å². The van der Waals surface area contributed by atoms with Gasteiger partial charge in [0.1, 0.15) is 17.9 Å². The van der Waals surface area contributed by atoms with E-state index in [4.69, 9.17) is 4.74 Å². The number of halogens is 1. The Bertz CT molecular complexity index is 641. The van der Waals surface area contributed by atoms with E-state index in [1.54, 1.807) is 24.3 Å². The molecular formula is C21H31ClN2O4. The van der Waals surface area contributed by atoms with Crippen LogP contribution in [0.15, 0.2) is 24.3 Å². The Morgan fingerprint density at radius 1 is 1.04 bits per heavy atom. The van der Waals surface area contributed by atoms with Gasteiger partial charge in [0.25, 0.3) is 0 Å². The molecule has 1 heterocycles. The van der Waals surface area contributed by atoms with Crippen LogP contribution in [-0.2, 0) is 4.79 Å². The number of rotatable bonds is 7. The summed E-state index contributed by atoms with van der Waals surface area (Å²) < 4.78 is 5.67. The maximum atomic E-state index is 12.5. The van der Waals surface area contributed by atoms with E-state index in [2.05, 4.69) is 4.90 Å². The van der Waals surface area contributed by atoms with Gasteiger partial charge >= 0.3 is 5.97 Å². The monoisotopic (exact) mass is 410 g/mol. The van der Waals surface area contributed by atoms with Crippen LogP contribution in [0.25, 0.3) is 0 Å². The number of aromatic carboxylic acids is 1. The zero-order valence-corrected chi connectivity index (χ0v) is 17.2. The number of para-hydroxylation sites is 1. The molecule has 2 aliphatic rings. The molecule has 0 aromatic heterocycles. The summed E-state index contributed by atoms with van der Waals surface area (Å²) in [6, 6.07) is 6.71. The van der Waals surface area contributed by atoms with Crippen LogP contribution in [-0.4, -0.2) is 66.1 Å². The Morgan fingerprint density at radius 3 is 2.39 bits per heavy atom. The first kappa shape index (κ1) is 22.5. The van der Waals surface area contributed by atoms with E-state index in [0.717, 1.165) is 39.1 Å². The van der Waals surface area contributed by atoms with Crippen LogP contribution >= 0.6 is 12.4 Å². The first-order valence-corrected chi connectivity index (χ1v) is 10.1. The number of carbonyl (C=O) groups is 2. The van der Waals surface area contributed by atoms with Crippen molar-refractivity contribution in [2.75, 3.05) is 39.3 Å². The van der Waals surface area contributed by atoms with E-state index in [1.807, 2.05) is 4.90 Å². The van der Waals surface area contributed by atoms with E-state index >= 15 is 0 Å². The first-order chi connectivity index (χ1) is 13.1. The average Bonchev–Trinajstić information content (AvgIpc) is 2.69. The molecule has 1 aliphatic carbocycles. The van der Waals surface area contributed by atoms with Crippen molar-refractivity contribution in [2.45, 2.75) is 38.5 Å². The fourth-order valence-corrected chi connectivity index (χ4v) is 4.04. The van der Waals surface area contributed by atoms with E-state index < -0.39 is 5.97 Å². The topological polar surface area (TPSA) is 70.1 Å². The molecule has 1 N–H and O–H groups in total. The standard InChI is InChI=1S/C21H30N2O4.ClH/c24-20(16-17-6-2-1-3-7-17)23-12-10-22(11-13-23)14-15-27-19-9-5-4-8-18(19)21(25)26;/h4-5,8-9,17H,1-3,6-7,10-16H2,(H,25,26);1H. The molecule has 0 spiro atoms. The van der Waals surface area contributed by atoms with Gasteiger partial charge in [0.05, 0.1) is 0 Å². The van der Waals surface area contributed by atoms with Gasteiger partial charge < -0.3 is 14.7 Å². The zero-order chi connectivity index (χ0) is 19.1. The van der Waals surface area contributed by atoms with Crippen molar-refractivity contribution < 1.29 is 19.4 Å². The molecule has 7 heteroatoms. The number of benzene rings is 1. The number of hydrogen-bond donors (Lipinski definition) is 1. The van der Waals surface area contributed by atoms with Crippen molar-refractivity contribution in [1.29, 1.82) is 0 Å². The predicted octanol–water partition coefficient (Wildman–Crippen LogP) is 3.30. The molecule has 6 nitrogen and oxygen atoms in total. The molecule has 1 amide bonds. The van der Waals surface area contributed by atoms with Crippen LogP contribution in [0.2, 0.25) is 0 Å². The van der Waals surface area contributed by atoms with Crippen LogP contribution in [0, 0.1) is 5.92 Å². The van der Waals surface area contributed by atoms with Crippen molar-refractivity contribution in [3.05, 3.63) is 29.8 Å². The Kier molecular flexibility index (Phi) is 9.06. The number of hydrogen-bond acceptors (Lipinski definition) is 4. The van der Waals surface area contributed by atoms with E-state index in [1.165, 1.54) is 32.1 Å². The van der Waals surface area contributed by atoms with Crippen LogP contribution in [0.3, 0.4) is 0 Å². The highest BCUT2D eigenvalue weighted by atomic mass is 35.5. The van der Waals surface area contributed by atoms with Gasteiger partial charge in [-0.15, -0.1) is 12.4 Å². The second kappa shape index (κ2) is 11.3. The maximum Gasteiger partial charge on any atom is 0.339 e. The molecule has 1 aromatic rings. The third-order valence-electron chi connectivity index (χ3n) is 5.70. The van der Waals surface area contributed by atoms with E-state index in [9.17, 15) is 14.7 Å². The lowest BCUT2D eigenvalue weighted by Crippen LogP contribution is -2.49. The van der Waals surface area contributed by atoms with Gasteiger partial charge in [-0.2, -0.15) is 0 Å². The molecule has 0 bridgehead atoms. The molecule has 1 aromatic carbocycles. The van der Waals surface area contributed by atoms with Gasteiger partial charge in [-0.25, -0.2) is 4.79 Å². The average molecular weight is 411 g/mol. The summed E-state index contributed by atoms with van der Waals surface area (Å²) in [6.45, 7) is 4.42. The minimum Gasteiger partial charge on any atom is -0.491 e. The Morgan fingerprint density at radius 2 is 1.71 bits per heavy atom. The number of amides is 1. The molecule has 1 saturated carbocycles. The number of nitrogens with zero attached hydrogens (tertiary/aromatic N) is 2. The molecule has 1 saturated heterocycles. The summed E-state index contributed by atoms with van der Waals surface area (Å²) in [6.07, 6.45) is 7.01. The number of piperazine rings is 1. The number of carbonyl (C=O) groups excluding carboxylic acids is 1. The molecule has 0 atom stereocenters.